The minimum Gasteiger partial charge on any atom is -0.508 e. The van der Waals surface area contributed by atoms with Gasteiger partial charge in [-0.1, -0.05) is 12.1 Å². The molecule has 0 spiro atoms. The zero-order valence-corrected chi connectivity index (χ0v) is 13.2. The summed E-state index contributed by atoms with van der Waals surface area (Å²) in [7, 11) is 0. The van der Waals surface area contributed by atoms with Crippen molar-refractivity contribution in [3.63, 3.8) is 0 Å². The highest BCUT2D eigenvalue weighted by molar-refractivity contribution is 5.86. The van der Waals surface area contributed by atoms with Gasteiger partial charge in [-0.25, -0.2) is 4.98 Å². The molecule has 4 rings (SSSR count). The van der Waals surface area contributed by atoms with Gasteiger partial charge in [0.05, 0.1) is 5.69 Å². The van der Waals surface area contributed by atoms with Gasteiger partial charge >= 0.3 is 0 Å². The summed E-state index contributed by atoms with van der Waals surface area (Å²) in [6.07, 6.45) is 2.84. The van der Waals surface area contributed by atoms with E-state index in [0.717, 1.165) is 16.7 Å². The van der Waals surface area contributed by atoms with Crippen LogP contribution in [-0.4, -0.2) is 15.1 Å². The largest absolute Gasteiger partial charge is 0.508 e. The molecule has 0 radical (unpaired) electrons. The molecule has 0 bridgehead atoms. The van der Waals surface area contributed by atoms with Crippen molar-refractivity contribution in [2.24, 2.45) is 0 Å². The van der Waals surface area contributed by atoms with Crippen molar-refractivity contribution in [1.82, 2.24) is 9.97 Å². The number of aromatic nitrogens is 2. The van der Waals surface area contributed by atoms with Gasteiger partial charge in [-0.3, -0.25) is 4.79 Å². The zero-order valence-electron chi connectivity index (χ0n) is 13.2. The Morgan fingerprint density at radius 3 is 2.72 bits per heavy atom. The lowest BCUT2D eigenvalue weighted by molar-refractivity contribution is 0.468. The predicted octanol–water partition coefficient (Wildman–Crippen LogP) is 2.36. The summed E-state index contributed by atoms with van der Waals surface area (Å²) in [5.41, 5.74) is 10.8. The van der Waals surface area contributed by atoms with Gasteiger partial charge < -0.3 is 15.8 Å². The molecule has 6 heteroatoms. The van der Waals surface area contributed by atoms with Crippen LogP contribution in [-0.2, 0) is 12.8 Å². The van der Waals surface area contributed by atoms with Gasteiger partial charge in [0.25, 0.3) is 0 Å². The normalized spacial score (nSPS) is 12.1. The molecule has 0 fully saturated rings. The van der Waals surface area contributed by atoms with E-state index in [1.165, 1.54) is 6.07 Å². The van der Waals surface area contributed by atoms with Crippen molar-refractivity contribution in [3.8, 4) is 34.2 Å². The van der Waals surface area contributed by atoms with Gasteiger partial charge in [-0.15, -0.1) is 0 Å². The van der Waals surface area contributed by atoms with Crippen LogP contribution in [0.1, 0.15) is 16.7 Å². The third kappa shape index (κ3) is 2.25. The van der Waals surface area contributed by atoms with E-state index in [2.05, 4.69) is 16.0 Å². The van der Waals surface area contributed by atoms with Crippen LogP contribution in [0.15, 0.2) is 41.3 Å². The summed E-state index contributed by atoms with van der Waals surface area (Å²) < 4.78 is 0. The van der Waals surface area contributed by atoms with Gasteiger partial charge in [-0.2, -0.15) is 5.26 Å². The molecule has 1 aliphatic rings. The summed E-state index contributed by atoms with van der Waals surface area (Å²) in [5, 5.41) is 19.7. The average molecular weight is 330 g/mol. The minimum atomic E-state index is -0.214. The number of benzene rings is 1. The summed E-state index contributed by atoms with van der Waals surface area (Å²) in [4.78, 5) is 18.5. The first-order valence-corrected chi connectivity index (χ1v) is 7.83. The molecule has 0 atom stereocenters. The van der Waals surface area contributed by atoms with E-state index < -0.39 is 0 Å². The number of nitriles is 1. The molecule has 0 aliphatic heterocycles. The van der Waals surface area contributed by atoms with Crippen molar-refractivity contribution in [1.29, 1.82) is 5.26 Å². The van der Waals surface area contributed by atoms with Gasteiger partial charge in [0, 0.05) is 29.0 Å². The molecule has 6 nitrogen and oxygen atoms in total. The number of nitrogen functional groups attached to an aromatic ring is 1. The van der Waals surface area contributed by atoms with Crippen LogP contribution in [0.5, 0.6) is 5.75 Å². The second-order valence-electron chi connectivity index (χ2n) is 5.93. The molecule has 4 N–H and O–H groups in total. The molecule has 0 unspecified atom stereocenters. The minimum absolute atomic E-state index is 0.138. The number of hydrogen-bond donors (Lipinski definition) is 3. The Labute approximate surface area is 143 Å². The van der Waals surface area contributed by atoms with Gasteiger partial charge in [0.1, 0.15) is 23.2 Å². The first kappa shape index (κ1) is 15.0. The molecule has 1 aromatic carbocycles. The SMILES string of the molecule is N#Cc1c(N)nc2c(c1-c1ccc(=O)[nH]c1)CCc1c(O)cccc1-2. The number of pyridine rings is 2. The van der Waals surface area contributed by atoms with Crippen LogP contribution < -0.4 is 11.3 Å². The lowest BCUT2D eigenvalue weighted by atomic mass is 9.83. The molecule has 0 saturated carbocycles. The van der Waals surface area contributed by atoms with Crippen molar-refractivity contribution >= 4 is 5.82 Å². The fraction of sp³-hybridized carbons (Fsp3) is 0.105. The van der Waals surface area contributed by atoms with Gasteiger partial charge in [0.15, 0.2) is 0 Å². The maximum absolute atomic E-state index is 11.4. The quantitative estimate of drug-likeness (QED) is 0.633. The van der Waals surface area contributed by atoms with E-state index in [1.54, 1.807) is 24.4 Å². The van der Waals surface area contributed by atoms with Crippen LogP contribution >= 0.6 is 0 Å². The third-order valence-electron chi connectivity index (χ3n) is 4.54. The number of aromatic hydroxyl groups is 1. The molecule has 2 aromatic heterocycles. The standard InChI is InChI=1S/C19H14N4O2/c20-8-14-17(10-4-7-16(25)22-9-10)13-6-5-11-12(2-1-3-15(11)24)18(13)23-19(14)21/h1-4,7,9,24H,5-6H2,(H2,21,23)(H,22,25). The lowest BCUT2D eigenvalue weighted by Crippen LogP contribution is -2.12. The maximum atomic E-state index is 11.4. The zero-order chi connectivity index (χ0) is 17.6. The predicted molar refractivity (Wildman–Crippen MR) is 93.9 cm³/mol. The number of aromatic amines is 1. The van der Waals surface area contributed by atoms with E-state index >= 15 is 0 Å². The van der Waals surface area contributed by atoms with Crippen LogP contribution in [0.4, 0.5) is 5.82 Å². The van der Waals surface area contributed by atoms with Crippen LogP contribution in [0, 0.1) is 11.3 Å². The fourth-order valence-corrected chi connectivity index (χ4v) is 3.41. The Morgan fingerprint density at radius 2 is 2.00 bits per heavy atom. The van der Waals surface area contributed by atoms with Crippen LogP contribution in [0.3, 0.4) is 0 Å². The molecule has 0 saturated heterocycles. The monoisotopic (exact) mass is 330 g/mol. The van der Waals surface area contributed by atoms with E-state index in [0.29, 0.717) is 35.2 Å². The molecule has 122 valence electrons. The van der Waals surface area contributed by atoms with Crippen LogP contribution in [0.2, 0.25) is 0 Å². The molecular formula is C19H14N4O2. The summed E-state index contributed by atoms with van der Waals surface area (Å²) >= 11 is 0. The second kappa shape index (κ2) is 5.49. The highest BCUT2D eigenvalue weighted by Gasteiger charge is 2.26. The number of nitrogens with two attached hydrogens (primary N) is 1. The first-order valence-electron chi connectivity index (χ1n) is 7.83. The molecule has 1 aliphatic carbocycles. The average Bonchev–Trinajstić information content (AvgIpc) is 2.61. The topological polar surface area (TPSA) is 116 Å². The second-order valence-corrected chi connectivity index (χ2v) is 5.93. The number of hydrogen-bond acceptors (Lipinski definition) is 5. The van der Waals surface area contributed by atoms with E-state index in [1.807, 2.05) is 6.07 Å². The van der Waals surface area contributed by atoms with Crippen molar-refractivity contribution < 1.29 is 5.11 Å². The van der Waals surface area contributed by atoms with E-state index in [-0.39, 0.29) is 17.1 Å². The third-order valence-corrected chi connectivity index (χ3v) is 4.54. The maximum Gasteiger partial charge on any atom is 0.247 e. The van der Waals surface area contributed by atoms with Crippen LogP contribution in [0.25, 0.3) is 22.4 Å². The number of fused-ring (bicyclic) bond motifs is 3. The molecule has 0 amide bonds. The van der Waals surface area contributed by atoms with E-state index in [4.69, 9.17) is 5.73 Å². The Balaban J connectivity index is 2.08. The number of phenols is 1. The molecule has 2 heterocycles. The molecular weight excluding hydrogens is 316 g/mol. The number of nitrogens with one attached hydrogen (secondary N) is 1. The highest BCUT2D eigenvalue weighted by Crippen LogP contribution is 2.42. The number of phenolic OH excluding ortho intramolecular Hbond substituents is 1. The summed E-state index contributed by atoms with van der Waals surface area (Å²) in [6, 6.07) is 10.5. The smallest absolute Gasteiger partial charge is 0.247 e. The molecule has 3 aromatic rings. The fourth-order valence-electron chi connectivity index (χ4n) is 3.41. The lowest BCUT2D eigenvalue weighted by Gasteiger charge is -2.24. The van der Waals surface area contributed by atoms with Gasteiger partial charge in [0.2, 0.25) is 5.56 Å². The summed E-state index contributed by atoms with van der Waals surface area (Å²) in [6.45, 7) is 0. The number of nitrogens with zero attached hydrogens (tertiary/aromatic N) is 2. The van der Waals surface area contributed by atoms with Crippen molar-refractivity contribution in [2.45, 2.75) is 12.8 Å². The van der Waals surface area contributed by atoms with Gasteiger partial charge in [-0.05, 0) is 36.1 Å². The van der Waals surface area contributed by atoms with Crippen molar-refractivity contribution in [2.75, 3.05) is 5.73 Å². The van der Waals surface area contributed by atoms with Crippen molar-refractivity contribution in [3.05, 3.63) is 63.6 Å². The Kier molecular flexibility index (Phi) is 3.29. The summed E-state index contributed by atoms with van der Waals surface area (Å²) in [5.74, 6) is 0.372. The molecule has 25 heavy (non-hydrogen) atoms. The Hall–Kier alpha value is -3.59. The number of H-pyrrole nitrogens is 1. The van der Waals surface area contributed by atoms with E-state index in [9.17, 15) is 15.2 Å². The number of rotatable bonds is 1. The number of anilines is 1. The Morgan fingerprint density at radius 1 is 1.20 bits per heavy atom. The Bertz CT molecular complexity index is 1090. The highest BCUT2D eigenvalue weighted by atomic mass is 16.3. The first-order chi connectivity index (χ1) is 12.1.